The molecule has 6 rings (SSSR count). The summed E-state index contributed by atoms with van der Waals surface area (Å²) in [7, 11) is 0. The molecule has 11 nitrogen and oxygen atoms in total. The summed E-state index contributed by atoms with van der Waals surface area (Å²) in [5.74, 6) is -0.674. The molecule has 41 heavy (non-hydrogen) atoms. The van der Waals surface area contributed by atoms with Crippen LogP contribution in [-0.2, 0) is 4.74 Å². The first-order valence-corrected chi connectivity index (χ1v) is 13.6. The van der Waals surface area contributed by atoms with Crippen LogP contribution >= 0.6 is 11.6 Å². The van der Waals surface area contributed by atoms with E-state index in [1.54, 1.807) is 18.3 Å². The number of hydrogen-bond donors (Lipinski definition) is 4. The zero-order valence-electron chi connectivity index (χ0n) is 21.8. The molecule has 1 unspecified atom stereocenters. The number of nitrogens with zero attached hydrogens (tertiary/aromatic N) is 3. The lowest BCUT2D eigenvalue weighted by Gasteiger charge is -2.32. The molecule has 2 bridgehead atoms. The van der Waals surface area contributed by atoms with Crippen LogP contribution in [0.5, 0.6) is 0 Å². The fourth-order valence-corrected chi connectivity index (χ4v) is 5.36. The van der Waals surface area contributed by atoms with Gasteiger partial charge in [-0.15, -0.1) is 0 Å². The molecule has 4 heterocycles. The van der Waals surface area contributed by atoms with Gasteiger partial charge in [-0.1, -0.05) is 41.9 Å². The van der Waals surface area contributed by atoms with Crippen LogP contribution < -0.4 is 21.1 Å². The standard InChI is InChI=1S/C29H27ClN6O5/c30-22-9-6-17(26(38)33-24(15-37)16-4-2-1-3-5-16)11-23(22)32-27(39)21-10-18-12-31-29(35-25(18)34-28(21)40)36-13-19-7-8-20(14-36)41-19/h1-6,9-12,19-20,24,37H,7-8,13-15H2,(H,32,39)(H,33,38)(H,31,34,35,40)/t19-,20?,24-/m0/s1. The minimum atomic E-state index is -0.709. The molecule has 0 aliphatic carbocycles. The highest BCUT2D eigenvalue weighted by molar-refractivity contribution is 6.34. The van der Waals surface area contributed by atoms with E-state index in [0.29, 0.717) is 30.1 Å². The second kappa shape index (κ2) is 11.3. The summed E-state index contributed by atoms with van der Waals surface area (Å²) in [6.07, 6.45) is 3.92. The molecule has 0 spiro atoms. The molecule has 2 amide bonds. The van der Waals surface area contributed by atoms with Gasteiger partial charge in [0.25, 0.3) is 17.4 Å². The van der Waals surface area contributed by atoms with Crippen LogP contribution in [-0.4, -0.2) is 63.8 Å². The van der Waals surface area contributed by atoms with Crippen molar-refractivity contribution in [2.75, 3.05) is 29.9 Å². The number of morpholine rings is 1. The molecule has 2 fully saturated rings. The van der Waals surface area contributed by atoms with Crippen molar-refractivity contribution < 1.29 is 19.4 Å². The third-order valence-electron chi connectivity index (χ3n) is 7.32. The summed E-state index contributed by atoms with van der Waals surface area (Å²) in [5, 5.41) is 15.9. The summed E-state index contributed by atoms with van der Waals surface area (Å²) >= 11 is 6.31. The molecular formula is C29H27ClN6O5. The molecule has 2 aromatic heterocycles. The minimum absolute atomic E-state index is 0.151. The van der Waals surface area contributed by atoms with Crippen LogP contribution in [0.1, 0.15) is 45.2 Å². The lowest BCUT2D eigenvalue weighted by atomic mass is 10.1. The van der Waals surface area contributed by atoms with E-state index in [0.717, 1.165) is 18.4 Å². The van der Waals surface area contributed by atoms with Crippen LogP contribution in [0.3, 0.4) is 0 Å². The Morgan fingerprint density at radius 2 is 1.85 bits per heavy atom. The van der Waals surface area contributed by atoms with Crippen molar-refractivity contribution in [3.8, 4) is 0 Å². The molecule has 2 saturated heterocycles. The second-order valence-electron chi connectivity index (χ2n) is 10.1. The van der Waals surface area contributed by atoms with E-state index in [9.17, 15) is 19.5 Å². The summed E-state index contributed by atoms with van der Waals surface area (Å²) in [4.78, 5) is 52.7. The molecular weight excluding hydrogens is 548 g/mol. The second-order valence-corrected chi connectivity index (χ2v) is 10.5. The third kappa shape index (κ3) is 5.64. The zero-order valence-corrected chi connectivity index (χ0v) is 22.6. The van der Waals surface area contributed by atoms with Crippen LogP contribution in [0.2, 0.25) is 5.02 Å². The maximum atomic E-state index is 13.1. The number of pyridine rings is 1. The van der Waals surface area contributed by atoms with Gasteiger partial charge in [-0.3, -0.25) is 14.4 Å². The van der Waals surface area contributed by atoms with E-state index in [1.165, 1.54) is 24.3 Å². The Morgan fingerprint density at radius 1 is 1.10 bits per heavy atom. The number of aliphatic hydroxyl groups excluding tert-OH is 1. The number of aromatic amines is 1. The molecule has 2 aliphatic rings. The van der Waals surface area contributed by atoms with Gasteiger partial charge in [-0.05, 0) is 42.7 Å². The van der Waals surface area contributed by atoms with Crippen molar-refractivity contribution >= 4 is 46.1 Å². The third-order valence-corrected chi connectivity index (χ3v) is 7.65. The number of aromatic nitrogens is 3. The summed E-state index contributed by atoms with van der Waals surface area (Å²) in [6, 6.07) is 14.3. The highest BCUT2D eigenvalue weighted by atomic mass is 35.5. The predicted molar refractivity (Wildman–Crippen MR) is 153 cm³/mol. The first-order valence-electron chi connectivity index (χ1n) is 13.3. The number of halogens is 1. The van der Waals surface area contributed by atoms with Gasteiger partial charge in [0.15, 0.2) is 0 Å². The van der Waals surface area contributed by atoms with E-state index in [-0.39, 0.29) is 40.7 Å². The van der Waals surface area contributed by atoms with Gasteiger partial charge >= 0.3 is 0 Å². The zero-order chi connectivity index (χ0) is 28.5. The lowest BCUT2D eigenvalue weighted by Crippen LogP contribution is -2.43. The largest absolute Gasteiger partial charge is 0.394 e. The van der Waals surface area contributed by atoms with Gasteiger partial charge in [0.05, 0.1) is 35.6 Å². The van der Waals surface area contributed by atoms with Crippen LogP contribution in [0.15, 0.2) is 65.6 Å². The predicted octanol–water partition coefficient (Wildman–Crippen LogP) is 3.05. The van der Waals surface area contributed by atoms with E-state index >= 15 is 0 Å². The monoisotopic (exact) mass is 574 g/mol. The summed E-state index contributed by atoms with van der Waals surface area (Å²) in [6.45, 7) is 1.09. The SMILES string of the molecule is O=C(N[C@@H](CO)c1ccccc1)c1ccc(Cl)c(NC(=O)c2cc3cnc(N4CC5CC[C@@H](C4)O5)nc3[nH]c2=O)c1. The number of aliphatic hydroxyl groups is 1. The molecule has 2 aromatic carbocycles. The maximum absolute atomic E-state index is 13.1. The number of carbonyl (C=O) groups is 2. The molecule has 3 atom stereocenters. The average molecular weight is 575 g/mol. The van der Waals surface area contributed by atoms with E-state index in [1.807, 2.05) is 18.2 Å². The summed E-state index contributed by atoms with van der Waals surface area (Å²) in [5.41, 5.74) is 0.647. The quantitative estimate of drug-likeness (QED) is 0.263. The van der Waals surface area contributed by atoms with Gasteiger partial charge in [-0.25, -0.2) is 4.98 Å². The number of benzene rings is 2. The normalized spacial score (nSPS) is 18.7. The molecule has 2 aliphatic heterocycles. The Hall–Kier alpha value is -4.32. The smallest absolute Gasteiger partial charge is 0.262 e. The number of hydrogen-bond acceptors (Lipinski definition) is 8. The fourth-order valence-electron chi connectivity index (χ4n) is 5.20. The van der Waals surface area contributed by atoms with Gasteiger partial charge in [0.2, 0.25) is 5.95 Å². The molecule has 4 N–H and O–H groups in total. The number of rotatable bonds is 7. The molecule has 0 saturated carbocycles. The molecule has 0 radical (unpaired) electrons. The Balaban J connectivity index is 1.19. The number of ether oxygens (including phenoxy) is 1. The molecule has 210 valence electrons. The highest BCUT2D eigenvalue weighted by Gasteiger charge is 2.34. The van der Waals surface area contributed by atoms with E-state index in [2.05, 4.69) is 30.5 Å². The number of carbonyl (C=O) groups excluding carboxylic acids is 2. The number of amides is 2. The van der Waals surface area contributed by atoms with Crippen LogP contribution in [0.4, 0.5) is 11.6 Å². The van der Waals surface area contributed by atoms with Gasteiger partial charge < -0.3 is 30.4 Å². The van der Waals surface area contributed by atoms with Crippen molar-refractivity contribution in [3.63, 3.8) is 0 Å². The first-order chi connectivity index (χ1) is 19.9. The number of fused-ring (bicyclic) bond motifs is 3. The van der Waals surface area contributed by atoms with Crippen LogP contribution in [0, 0.1) is 0 Å². The lowest BCUT2D eigenvalue weighted by molar-refractivity contribution is 0.0299. The molecule has 12 heteroatoms. The van der Waals surface area contributed by atoms with Gasteiger partial charge in [0, 0.05) is 30.2 Å². The fraction of sp³-hybridized carbons (Fsp3) is 0.276. The Labute approximate surface area is 239 Å². The topological polar surface area (TPSA) is 150 Å². The van der Waals surface area contributed by atoms with Gasteiger partial charge in [0.1, 0.15) is 11.2 Å². The maximum Gasteiger partial charge on any atom is 0.262 e. The van der Waals surface area contributed by atoms with Crippen molar-refractivity contribution in [1.29, 1.82) is 0 Å². The van der Waals surface area contributed by atoms with Crippen molar-refractivity contribution in [3.05, 3.63) is 92.9 Å². The Bertz CT molecular complexity index is 1670. The van der Waals surface area contributed by atoms with E-state index in [4.69, 9.17) is 16.3 Å². The first kappa shape index (κ1) is 26.9. The number of nitrogens with one attached hydrogen (secondary N) is 3. The highest BCUT2D eigenvalue weighted by Crippen LogP contribution is 2.29. The number of anilines is 2. The average Bonchev–Trinajstić information content (AvgIpc) is 3.33. The summed E-state index contributed by atoms with van der Waals surface area (Å²) < 4.78 is 5.87. The van der Waals surface area contributed by atoms with Gasteiger partial charge in [-0.2, -0.15) is 4.98 Å². The van der Waals surface area contributed by atoms with E-state index < -0.39 is 23.4 Å². The van der Waals surface area contributed by atoms with Crippen molar-refractivity contribution in [2.45, 2.75) is 31.1 Å². The van der Waals surface area contributed by atoms with Crippen molar-refractivity contribution in [2.24, 2.45) is 0 Å². The van der Waals surface area contributed by atoms with Crippen LogP contribution in [0.25, 0.3) is 11.0 Å². The Kier molecular flexibility index (Phi) is 7.39. The number of H-pyrrole nitrogens is 1. The minimum Gasteiger partial charge on any atom is -0.394 e. The Morgan fingerprint density at radius 3 is 2.59 bits per heavy atom. The molecule has 4 aromatic rings. The van der Waals surface area contributed by atoms with Crippen molar-refractivity contribution in [1.82, 2.24) is 20.3 Å².